The van der Waals surface area contributed by atoms with Gasteiger partial charge in [-0.2, -0.15) is 0 Å². The number of anilines is 6. The minimum atomic E-state index is -0.771. The Bertz CT molecular complexity index is 4050. The van der Waals surface area contributed by atoms with Crippen molar-refractivity contribution >= 4 is 79.5 Å². The number of nitrogens with zero attached hydrogens (tertiary/aromatic N) is 3. The summed E-state index contributed by atoms with van der Waals surface area (Å²) in [6, 6.07) is 76.8. The second kappa shape index (κ2) is 18.4. The van der Waals surface area contributed by atoms with Crippen molar-refractivity contribution < 1.29 is 8.83 Å². The SMILES string of the molecule is CC(C)(C)c1ccc(N2c3ccc(C(C)(C)C)cc3B3c4nc(-c5ccc6oc7ccc(C(C)(C)C)cc7c6c5)oc4N(c4ccc(C(C)(C)C)cc4)c4cc(C(c5ccccc5)(c5ccccc5)c5ccccc5)cc2c43)cc1. The van der Waals surface area contributed by atoms with Crippen molar-refractivity contribution in [3.05, 3.63) is 251 Å². The van der Waals surface area contributed by atoms with Gasteiger partial charge in [0.15, 0.2) is 0 Å². The van der Waals surface area contributed by atoms with Gasteiger partial charge < -0.3 is 13.7 Å². The van der Waals surface area contributed by atoms with Crippen LogP contribution in [0.3, 0.4) is 0 Å². The van der Waals surface area contributed by atoms with E-state index in [1.54, 1.807) is 0 Å². The van der Waals surface area contributed by atoms with E-state index >= 15 is 0 Å². The average Bonchev–Trinajstić information content (AvgIpc) is 4.18. The Morgan fingerprint density at radius 2 is 0.800 bits per heavy atom. The van der Waals surface area contributed by atoms with E-state index in [1.807, 2.05) is 0 Å². The molecule has 0 bridgehead atoms. The maximum atomic E-state index is 7.54. The van der Waals surface area contributed by atoms with E-state index in [1.165, 1.54) is 49.9 Å². The molecule has 4 heterocycles. The Morgan fingerprint density at radius 3 is 1.31 bits per heavy atom. The third-order valence-electron chi connectivity index (χ3n) is 17.1. The van der Waals surface area contributed by atoms with Crippen LogP contribution in [0.25, 0.3) is 33.4 Å². The third-order valence-corrected chi connectivity index (χ3v) is 17.1. The zero-order valence-electron chi connectivity index (χ0n) is 48.4. The number of hydrogen-bond acceptors (Lipinski definition) is 5. The van der Waals surface area contributed by atoms with Crippen LogP contribution in [0.2, 0.25) is 0 Å². The van der Waals surface area contributed by atoms with Gasteiger partial charge in [-0.15, -0.1) is 0 Å². The molecule has 80 heavy (non-hydrogen) atoms. The Hall–Kier alpha value is -8.35. The summed E-state index contributed by atoms with van der Waals surface area (Å²) in [5.74, 6) is 1.26. The maximum absolute atomic E-state index is 7.54. The monoisotopic (exact) mass is 1040 g/mol. The molecular formula is C74H70BN3O2. The van der Waals surface area contributed by atoms with Gasteiger partial charge in [-0.25, -0.2) is 4.98 Å². The van der Waals surface area contributed by atoms with Crippen LogP contribution in [0.15, 0.2) is 215 Å². The molecule has 0 fully saturated rings. The Morgan fingerprint density at radius 1 is 0.362 bits per heavy atom. The smallest absolute Gasteiger partial charge is 0.279 e. The first-order chi connectivity index (χ1) is 38.2. The van der Waals surface area contributed by atoms with E-state index in [0.29, 0.717) is 11.8 Å². The molecule has 0 amide bonds. The van der Waals surface area contributed by atoms with Gasteiger partial charge in [-0.1, -0.05) is 217 Å². The zero-order valence-corrected chi connectivity index (χ0v) is 48.4. The predicted octanol–water partition coefficient (Wildman–Crippen LogP) is 17.9. The molecule has 0 N–H and O–H groups in total. The molecule has 5 nitrogen and oxygen atoms in total. The molecule has 13 rings (SSSR count). The van der Waals surface area contributed by atoms with Crippen LogP contribution >= 0.6 is 0 Å². The number of fused-ring (bicyclic) bond motifs is 7. The second-order valence-electron chi connectivity index (χ2n) is 26.5. The van der Waals surface area contributed by atoms with Crippen LogP contribution in [-0.2, 0) is 27.1 Å². The lowest BCUT2D eigenvalue weighted by atomic mass is 9.35. The summed E-state index contributed by atoms with van der Waals surface area (Å²) >= 11 is 0. The largest absolute Gasteiger partial charge is 0.456 e. The quantitative estimate of drug-likeness (QED) is 0.118. The standard InChI is InChI=1S/C74H70BN3O2/c1-70(2,3)48-29-35-56(36-30-48)77-61-39-33-54(73(10,11)12)44-60(61)75-66-62(77)45-55(74(50-22-16-13-17-23-50,51-24-18-14-19-25-51)52-26-20-15-21-27-52)46-63(66)78(57-37-31-49(32-38-57)71(4,5)6)69-67(75)76-68(80-69)47-28-40-64-58(42-47)59-43-53(72(7,8)9)34-41-65(59)79-64/h13-46H,1-12H3. The molecule has 2 aliphatic rings. The Kier molecular flexibility index (Phi) is 11.7. The molecule has 11 aromatic rings. The van der Waals surface area contributed by atoms with Gasteiger partial charge in [0, 0.05) is 44.8 Å². The van der Waals surface area contributed by atoms with Crippen LogP contribution in [-0.4, -0.2) is 11.7 Å². The summed E-state index contributed by atoms with van der Waals surface area (Å²) in [5, 5.41) is 2.12. The lowest BCUT2D eigenvalue weighted by molar-refractivity contribution is 0.580. The van der Waals surface area contributed by atoms with Crippen molar-refractivity contribution in [1.29, 1.82) is 0 Å². The summed E-state index contributed by atoms with van der Waals surface area (Å²) in [7, 11) is 0. The van der Waals surface area contributed by atoms with Crippen LogP contribution < -0.4 is 26.3 Å². The highest BCUT2D eigenvalue weighted by Crippen LogP contribution is 2.52. The van der Waals surface area contributed by atoms with E-state index in [4.69, 9.17) is 13.8 Å². The predicted molar refractivity (Wildman–Crippen MR) is 336 cm³/mol. The first-order valence-electron chi connectivity index (χ1n) is 28.5. The summed E-state index contributed by atoms with van der Waals surface area (Å²) < 4.78 is 14.1. The van der Waals surface area contributed by atoms with E-state index in [9.17, 15) is 0 Å². The van der Waals surface area contributed by atoms with Gasteiger partial charge in [0.2, 0.25) is 11.8 Å². The second-order valence-corrected chi connectivity index (χ2v) is 26.5. The molecule has 6 heteroatoms. The van der Waals surface area contributed by atoms with E-state index in [-0.39, 0.29) is 28.4 Å². The maximum Gasteiger partial charge on any atom is 0.279 e. The topological polar surface area (TPSA) is 45.7 Å². The van der Waals surface area contributed by atoms with Crippen molar-refractivity contribution in [2.45, 2.75) is 110 Å². The average molecular weight is 1040 g/mol. The van der Waals surface area contributed by atoms with Crippen LogP contribution in [0.4, 0.5) is 34.3 Å². The normalized spacial score (nSPS) is 13.7. The molecule has 0 saturated carbocycles. The molecular weight excluding hydrogens is 974 g/mol. The fraction of sp³-hybridized carbons (Fsp3) is 0.230. The first-order valence-corrected chi connectivity index (χ1v) is 28.5. The first kappa shape index (κ1) is 51.1. The highest BCUT2D eigenvalue weighted by Gasteiger charge is 2.49. The number of rotatable bonds is 7. The van der Waals surface area contributed by atoms with Crippen LogP contribution in [0.1, 0.15) is 128 Å². The van der Waals surface area contributed by atoms with Crippen LogP contribution in [0.5, 0.6) is 0 Å². The van der Waals surface area contributed by atoms with Crippen molar-refractivity contribution in [3.63, 3.8) is 0 Å². The summed E-state index contributed by atoms with van der Waals surface area (Å²) in [4.78, 5) is 10.7. The van der Waals surface area contributed by atoms with Gasteiger partial charge >= 0.3 is 0 Å². The Balaban J connectivity index is 1.17. The fourth-order valence-electron chi connectivity index (χ4n) is 12.6. The van der Waals surface area contributed by atoms with Gasteiger partial charge in [0.05, 0.1) is 11.0 Å². The number of aromatic nitrogens is 1. The molecule has 0 radical (unpaired) electrons. The highest BCUT2D eigenvalue weighted by atomic mass is 16.4. The minimum Gasteiger partial charge on any atom is -0.456 e. The minimum absolute atomic E-state index is 0.0283. The molecule has 0 spiro atoms. The molecule has 0 aliphatic carbocycles. The van der Waals surface area contributed by atoms with Gasteiger partial charge in [-0.05, 0) is 150 Å². The van der Waals surface area contributed by atoms with E-state index in [2.05, 4.69) is 299 Å². The summed E-state index contributed by atoms with van der Waals surface area (Å²) in [6.45, 7) is 27.1. The molecule has 2 aliphatic heterocycles. The van der Waals surface area contributed by atoms with Crippen molar-refractivity contribution in [2.24, 2.45) is 0 Å². The number of benzene rings is 9. The molecule has 2 aromatic heterocycles. The van der Waals surface area contributed by atoms with Gasteiger partial charge in [-0.3, -0.25) is 4.90 Å². The highest BCUT2D eigenvalue weighted by molar-refractivity contribution is 6.99. The summed E-state index contributed by atoms with van der Waals surface area (Å²) in [5.41, 5.74) is 19.8. The Labute approximate surface area is 473 Å². The lowest BCUT2D eigenvalue weighted by Crippen LogP contribution is -2.62. The third kappa shape index (κ3) is 8.32. The molecule has 0 unspecified atom stereocenters. The van der Waals surface area contributed by atoms with Crippen molar-refractivity contribution in [1.82, 2.24) is 4.98 Å². The lowest BCUT2D eigenvalue weighted by Gasteiger charge is -2.44. The van der Waals surface area contributed by atoms with E-state index < -0.39 is 5.41 Å². The van der Waals surface area contributed by atoms with Crippen molar-refractivity contribution in [3.8, 4) is 11.5 Å². The molecule has 396 valence electrons. The number of furan rings is 1. The van der Waals surface area contributed by atoms with Gasteiger partial charge in [0.1, 0.15) is 11.2 Å². The molecule has 9 aromatic carbocycles. The molecule has 0 saturated heterocycles. The molecule has 0 atom stereocenters. The fourth-order valence-corrected chi connectivity index (χ4v) is 12.6. The van der Waals surface area contributed by atoms with E-state index in [0.717, 1.165) is 67.1 Å². The zero-order chi connectivity index (χ0) is 55.7. The van der Waals surface area contributed by atoms with Crippen LogP contribution in [0, 0.1) is 0 Å². The van der Waals surface area contributed by atoms with Gasteiger partial charge in [0.25, 0.3) is 6.71 Å². The summed E-state index contributed by atoms with van der Waals surface area (Å²) in [6.07, 6.45) is 0. The number of hydrogen-bond donors (Lipinski definition) is 0. The number of oxazole rings is 1. The van der Waals surface area contributed by atoms with Crippen molar-refractivity contribution in [2.75, 3.05) is 9.80 Å².